The molecule has 3 aliphatic carbocycles. The Morgan fingerprint density at radius 1 is 0.889 bits per heavy atom. The first-order valence-corrected chi connectivity index (χ1v) is 16.2. The molecule has 0 fully saturated rings. The van der Waals surface area contributed by atoms with E-state index in [0.29, 0.717) is 12.0 Å². The van der Waals surface area contributed by atoms with Gasteiger partial charge in [-0.05, 0) is 95.0 Å². The molecule has 1 heterocycles. The number of carboxylic acid groups (broad SMARTS) is 1. The predicted molar refractivity (Wildman–Crippen MR) is 181 cm³/mol. The second-order valence-electron chi connectivity index (χ2n) is 12.8. The van der Waals surface area contributed by atoms with E-state index in [1.807, 2.05) is 30.3 Å². The van der Waals surface area contributed by atoms with E-state index in [2.05, 4.69) is 72.8 Å². The molecule has 1 radical (unpaired) electrons. The molecule has 3 atom stereocenters. The molecule has 0 saturated carbocycles. The van der Waals surface area contributed by atoms with Crippen LogP contribution < -0.4 is 0 Å². The Bertz CT molecular complexity index is 1950. The van der Waals surface area contributed by atoms with Crippen LogP contribution >= 0.6 is 0 Å². The average molecular weight is 593 g/mol. The van der Waals surface area contributed by atoms with E-state index in [9.17, 15) is 14.3 Å². The number of hydrogen-bond donors (Lipinski definition) is 1. The summed E-state index contributed by atoms with van der Waals surface area (Å²) in [5.41, 5.74) is 10.3. The van der Waals surface area contributed by atoms with Gasteiger partial charge in [0.25, 0.3) is 0 Å². The highest BCUT2D eigenvalue weighted by Crippen LogP contribution is 2.51. The van der Waals surface area contributed by atoms with Crippen molar-refractivity contribution < 1.29 is 14.3 Å². The van der Waals surface area contributed by atoms with Crippen molar-refractivity contribution in [2.24, 2.45) is 16.8 Å². The Hall–Kier alpha value is -4.57. The molecule has 45 heavy (non-hydrogen) atoms. The number of allylic oxidation sites excluding steroid dienone is 3. The monoisotopic (exact) mass is 592 g/mol. The van der Waals surface area contributed by atoms with Crippen LogP contribution in [0.3, 0.4) is 0 Å². The SMILES string of the molecule is O=C(O)C1=C2C(=Nc3ccccc32)C([C](Cc2ccccc2)C2CCCc3c2ccc2c4c(ccc32)C=CC(CCF)C4)C=C1. The van der Waals surface area contributed by atoms with Gasteiger partial charge in [-0.2, -0.15) is 0 Å². The normalized spacial score (nSPS) is 21.4. The highest BCUT2D eigenvalue weighted by atomic mass is 19.1. The van der Waals surface area contributed by atoms with Crippen LogP contribution in [0.5, 0.6) is 0 Å². The second-order valence-corrected chi connectivity index (χ2v) is 12.8. The van der Waals surface area contributed by atoms with Crippen LogP contribution in [0, 0.1) is 17.8 Å². The number of aryl methyl sites for hydroxylation is 1. The maximum absolute atomic E-state index is 13.3. The smallest absolute Gasteiger partial charge is 0.336 e. The van der Waals surface area contributed by atoms with Crippen LogP contribution in [-0.2, 0) is 24.1 Å². The summed E-state index contributed by atoms with van der Waals surface area (Å²) in [7, 11) is 0. The summed E-state index contributed by atoms with van der Waals surface area (Å²) in [6.07, 6.45) is 13.7. The number of carboxylic acids is 1. The number of halogens is 1. The minimum atomic E-state index is -0.921. The summed E-state index contributed by atoms with van der Waals surface area (Å²) in [6.45, 7) is -0.289. The Morgan fingerprint density at radius 3 is 2.53 bits per heavy atom. The zero-order valence-electron chi connectivity index (χ0n) is 25.2. The highest BCUT2D eigenvalue weighted by molar-refractivity contribution is 6.36. The fraction of sp³-hybridized carbons (Fsp3) is 0.244. The van der Waals surface area contributed by atoms with Crippen LogP contribution in [0.15, 0.2) is 108 Å². The lowest BCUT2D eigenvalue weighted by molar-refractivity contribution is -0.132. The molecule has 8 rings (SSSR count). The zero-order chi connectivity index (χ0) is 30.5. The van der Waals surface area contributed by atoms with Crippen molar-refractivity contribution in [3.63, 3.8) is 0 Å². The van der Waals surface area contributed by atoms with Crippen molar-refractivity contribution in [1.82, 2.24) is 0 Å². The van der Waals surface area contributed by atoms with Crippen LogP contribution in [-0.4, -0.2) is 23.5 Å². The van der Waals surface area contributed by atoms with Gasteiger partial charge in [0, 0.05) is 23.0 Å². The molecular weight excluding hydrogens is 557 g/mol. The maximum Gasteiger partial charge on any atom is 0.336 e. The summed E-state index contributed by atoms with van der Waals surface area (Å²) in [4.78, 5) is 17.5. The molecular formula is C41H35FNO2. The maximum atomic E-state index is 13.3. The van der Waals surface area contributed by atoms with E-state index in [4.69, 9.17) is 4.99 Å². The van der Waals surface area contributed by atoms with Gasteiger partial charge in [-0.1, -0.05) is 97.1 Å². The van der Waals surface area contributed by atoms with E-state index < -0.39 is 5.97 Å². The highest BCUT2D eigenvalue weighted by Gasteiger charge is 2.41. The molecule has 0 aromatic heterocycles. The molecule has 4 aliphatic rings. The second kappa shape index (κ2) is 11.4. The number of alkyl halides is 1. The molecule has 4 aromatic carbocycles. The van der Waals surface area contributed by atoms with Crippen LogP contribution in [0.1, 0.15) is 58.6 Å². The van der Waals surface area contributed by atoms with Gasteiger partial charge in [0.15, 0.2) is 0 Å². The number of aliphatic carboxylic acids is 1. The van der Waals surface area contributed by atoms with Gasteiger partial charge in [0.1, 0.15) is 0 Å². The standard InChI is InChI=1S/C41H35FNO2/c42-22-21-26-13-14-27-15-16-30-28-10-6-11-29(31(28)17-18-32(30)36(27)23-26)37(24-25-7-2-1-3-8-25)33-19-20-35(41(44)45)39-34-9-4-5-12-38(34)43-40(33)39/h1-5,7-9,12-20,26,29,33H,6,10-11,21-24H2,(H,44,45). The van der Waals surface area contributed by atoms with E-state index in [1.54, 1.807) is 0 Å². The van der Waals surface area contributed by atoms with Crippen molar-refractivity contribution in [3.05, 3.63) is 142 Å². The van der Waals surface area contributed by atoms with Gasteiger partial charge in [-0.3, -0.25) is 9.38 Å². The largest absolute Gasteiger partial charge is 0.478 e. The van der Waals surface area contributed by atoms with Crippen molar-refractivity contribution in [2.75, 3.05) is 6.67 Å². The molecule has 0 bridgehead atoms. The summed E-state index contributed by atoms with van der Waals surface area (Å²) in [5, 5.41) is 12.8. The van der Waals surface area contributed by atoms with Crippen molar-refractivity contribution >= 4 is 39.8 Å². The Balaban J connectivity index is 1.25. The fourth-order valence-corrected chi connectivity index (χ4v) is 8.23. The van der Waals surface area contributed by atoms with Gasteiger partial charge in [-0.25, -0.2) is 4.79 Å². The molecule has 0 spiro atoms. The van der Waals surface area contributed by atoms with Gasteiger partial charge < -0.3 is 5.11 Å². The van der Waals surface area contributed by atoms with E-state index in [-0.39, 0.29) is 24.4 Å². The third-order valence-corrected chi connectivity index (χ3v) is 10.3. The summed E-state index contributed by atoms with van der Waals surface area (Å²) < 4.78 is 13.3. The average Bonchev–Trinajstić information content (AvgIpc) is 3.47. The number of nitrogens with zero attached hydrogens (tertiary/aromatic N) is 1. The molecule has 4 aromatic rings. The first kappa shape index (κ1) is 27.9. The lowest BCUT2D eigenvalue weighted by atomic mass is 9.65. The van der Waals surface area contributed by atoms with Gasteiger partial charge in [-0.15, -0.1) is 0 Å². The molecule has 0 amide bonds. The quantitative estimate of drug-likeness (QED) is 0.232. The predicted octanol–water partition coefficient (Wildman–Crippen LogP) is 9.43. The van der Waals surface area contributed by atoms with Crippen molar-refractivity contribution in [1.29, 1.82) is 0 Å². The third kappa shape index (κ3) is 4.79. The minimum absolute atomic E-state index is 0.0996. The van der Waals surface area contributed by atoms with E-state index in [1.165, 1.54) is 44.5 Å². The van der Waals surface area contributed by atoms with Gasteiger partial charge in [0.2, 0.25) is 0 Å². The Morgan fingerprint density at radius 2 is 1.69 bits per heavy atom. The Kier molecular flexibility index (Phi) is 7.09. The fourth-order valence-electron chi connectivity index (χ4n) is 8.23. The third-order valence-electron chi connectivity index (χ3n) is 10.3. The molecule has 1 aliphatic heterocycles. The summed E-state index contributed by atoms with van der Waals surface area (Å²) in [5.74, 6) is 0.806. The molecule has 1 N–H and O–H groups in total. The zero-order valence-corrected chi connectivity index (χ0v) is 25.2. The van der Waals surface area contributed by atoms with Crippen molar-refractivity contribution in [2.45, 2.75) is 44.4 Å². The molecule has 3 unspecified atom stereocenters. The van der Waals surface area contributed by atoms with Crippen LogP contribution in [0.2, 0.25) is 0 Å². The topological polar surface area (TPSA) is 49.7 Å². The molecule has 223 valence electrons. The summed E-state index contributed by atoms with van der Waals surface area (Å²) >= 11 is 0. The number of benzene rings is 4. The van der Waals surface area contributed by atoms with Crippen LogP contribution in [0.4, 0.5) is 10.1 Å². The van der Waals surface area contributed by atoms with E-state index >= 15 is 0 Å². The number of rotatable bonds is 7. The van der Waals surface area contributed by atoms with Crippen molar-refractivity contribution in [3.8, 4) is 0 Å². The number of aliphatic imine (C=N–C) groups is 1. The molecule has 3 nitrogen and oxygen atoms in total. The molecule has 0 saturated heterocycles. The number of hydrogen-bond acceptors (Lipinski definition) is 2. The number of fused-ring (bicyclic) bond motifs is 8. The van der Waals surface area contributed by atoms with Gasteiger partial charge >= 0.3 is 5.97 Å². The minimum Gasteiger partial charge on any atom is -0.478 e. The summed E-state index contributed by atoms with van der Waals surface area (Å²) in [6, 6.07) is 27.7. The van der Waals surface area contributed by atoms with Crippen LogP contribution in [0.25, 0.3) is 22.4 Å². The lowest BCUT2D eigenvalue weighted by Crippen LogP contribution is -2.31. The molecule has 4 heteroatoms. The van der Waals surface area contributed by atoms with E-state index in [0.717, 1.165) is 54.6 Å². The first-order chi connectivity index (χ1) is 22.1. The number of para-hydroxylation sites is 1. The number of carbonyl (C=O) groups is 1. The first-order valence-electron chi connectivity index (χ1n) is 16.2. The Labute approximate surface area is 263 Å². The lowest BCUT2D eigenvalue weighted by Gasteiger charge is -2.38. The van der Waals surface area contributed by atoms with Gasteiger partial charge in [0.05, 0.1) is 23.6 Å².